The van der Waals surface area contributed by atoms with Crippen LogP contribution in [0.2, 0.25) is 0 Å². The third kappa shape index (κ3) is 4.10. The fraction of sp³-hybridized carbons (Fsp3) is 0.636. The predicted molar refractivity (Wildman–Crippen MR) is 60.7 cm³/mol. The molecule has 0 aliphatic heterocycles. The Balaban J connectivity index is 4.20. The van der Waals surface area contributed by atoms with Crippen molar-refractivity contribution >= 4 is 15.9 Å². The molecule has 0 aromatic rings. The SMILES string of the molecule is C=C/C(C)=C/C(C)C(C)[C@H](C)Br. The number of hydrogen-bond donors (Lipinski definition) is 0. The molecule has 0 nitrogen and oxygen atoms in total. The number of hydrogen-bond acceptors (Lipinski definition) is 0. The van der Waals surface area contributed by atoms with Crippen LogP contribution in [0.1, 0.15) is 27.7 Å². The van der Waals surface area contributed by atoms with Crippen LogP contribution in [0.5, 0.6) is 0 Å². The van der Waals surface area contributed by atoms with E-state index in [1.54, 1.807) is 0 Å². The lowest BCUT2D eigenvalue weighted by atomic mass is 9.92. The largest absolute Gasteiger partial charge is 0.0988 e. The van der Waals surface area contributed by atoms with E-state index in [9.17, 15) is 0 Å². The van der Waals surface area contributed by atoms with Gasteiger partial charge in [0, 0.05) is 4.83 Å². The zero-order chi connectivity index (χ0) is 9.72. The summed E-state index contributed by atoms with van der Waals surface area (Å²) in [4.78, 5) is 0.571. The number of halogens is 1. The molecule has 70 valence electrons. The first-order valence-electron chi connectivity index (χ1n) is 4.44. The summed E-state index contributed by atoms with van der Waals surface area (Å²) in [6.07, 6.45) is 4.18. The summed E-state index contributed by atoms with van der Waals surface area (Å²) in [6, 6.07) is 0. The molecule has 0 bridgehead atoms. The summed E-state index contributed by atoms with van der Waals surface area (Å²) < 4.78 is 0. The zero-order valence-corrected chi connectivity index (χ0v) is 10.1. The van der Waals surface area contributed by atoms with E-state index in [0.29, 0.717) is 16.7 Å². The van der Waals surface area contributed by atoms with E-state index in [1.807, 2.05) is 6.08 Å². The highest BCUT2D eigenvalue weighted by Crippen LogP contribution is 2.22. The first-order chi connectivity index (χ1) is 5.49. The molecule has 2 unspecified atom stereocenters. The molecule has 0 saturated carbocycles. The van der Waals surface area contributed by atoms with Gasteiger partial charge in [0.05, 0.1) is 0 Å². The van der Waals surface area contributed by atoms with Crippen molar-refractivity contribution in [1.29, 1.82) is 0 Å². The highest BCUT2D eigenvalue weighted by molar-refractivity contribution is 9.09. The zero-order valence-electron chi connectivity index (χ0n) is 8.47. The summed E-state index contributed by atoms with van der Waals surface area (Å²) in [5, 5.41) is 0. The van der Waals surface area contributed by atoms with E-state index >= 15 is 0 Å². The van der Waals surface area contributed by atoms with Crippen LogP contribution >= 0.6 is 15.9 Å². The molecule has 0 spiro atoms. The van der Waals surface area contributed by atoms with E-state index in [-0.39, 0.29) is 0 Å². The Labute approximate surface area is 84.9 Å². The fourth-order valence-electron chi connectivity index (χ4n) is 1.05. The van der Waals surface area contributed by atoms with Gasteiger partial charge >= 0.3 is 0 Å². The van der Waals surface area contributed by atoms with Crippen LogP contribution in [-0.2, 0) is 0 Å². The maximum Gasteiger partial charge on any atom is 0.0148 e. The second-order valence-corrected chi connectivity index (χ2v) is 4.95. The van der Waals surface area contributed by atoms with Gasteiger partial charge in [0.2, 0.25) is 0 Å². The van der Waals surface area contributed by atoms with Crippen LogP contribution < -0.4 is 0 Å². The lowest BCUT2D eigenvalue weighted by Crippen LogP contribution is -2.14. The van der Waals surface area contributed by atoms with Crippen LogP contribution in [-0.4, -0.2) is 4.83 Å². The summed E-state index contributed by atoms with van der Waals surface area (Å²) >= 11 is 3.60. The molecule has 0 aliphatic carbocycles. The Kier molecular flexibility index (Phi) is 5.56. The maximum atomic E-state index is 3.74. The fourth-order valence-corrected chi connectivity index (χ4v) is 1.53. The van der Waals surface area contributed by atoms with E-state index < -0.39 is 0 Å². The molecule has 0 aromatic heterocycles. The second kappa shape index (κ2) is 5.58. The third-order valence-corrected chi connectivity index (χ3v) is 3.24. The molecular formula is C11H19Br. The van der Waals surface area contributed by atoms with Gasteiger partial charge in [-0.3, -0.25) is 0 Å². The van der Waals surface area contributed by atoms with Crippen LogP contribution in [0, 0.1) is 11.8 Å². The molecule has 0 saturated heterocycles. The molecule has 0 fully saturated rings. The lowest BCUT2D eigenvalue weighted by Gasteiger charge is -2.19. The third-order valence-electron chi connectivity index (χ3n) is 2.40. The van der Waals surface area contributed by atoms with Gasteiger partial charge in [0.1, 0.15) is 0 Å². The van der Waals surface area contributed by atoms with Crippen molar-refractivity contribution in [1.82, 2.24) is 0 Å². The normalized spacial score (nSPS) is 19.9. The summed E-state index contributed by atoms with van der Waals surface area (Å²) in [5.41, 5.74) is 1.27. The van der Waals surface area contributed by atoms with Gasteiger partial charge in [-0.1, -0.05) is 61.0 Å². The molecule has 0 radical (unpaired) electrons. The minimum atomic E-state index is 0.571. The Morgan fingerprint density at radius 3 is 2.17 bits per heavy atom. The van der Waals surface area contributed by atoms with Gasteiger partial charge in [-0.05, 0) is 18.8 Å². The Morgan fingerprint density at radius 2 is 1.83 bits per heavy atom. The monoisotopic (exact) mass is 230 g/mol. The predicted octanol–water partition coefficient (Wildman–Crippen LogP) is 4.17. The Morgan fingerprint density at radius 1 is 1.33 bits per heavy atom. The van der Waals surface area contributed by atoms with Crippen LogP contribution in [0.3, 0.4) is 0 Å². The molecule has 12 heavy (non-hydrogen) atoms. The Bertz CT molecular complexity index is 168. The van der Waals surface area contributed by atoms with Crippen molar-refractivity contribution in [3.05, 3.63) is 24.3 Å². The number of allylic oxidation sites excluding steroid dienone is 3. The van der Waals surface area contributed by atoms with Crippen molar-refractivity contribution in [2.45, 2.75) is 32.5 Å². The average Bonchev–Trinajstić information content (AvgIpc) is 2.02. The van der Waals surface area contributed by atoms with Gasteiger partial charge < -0.3 is 0 Å². The van der Waals surface area contributed by atoms with Crippen LogP contribution in [0.25, 0.3) is 0 Å². The average molecular weight is 231 g/mol. The number of alkyl halides is 1. The lowest BCUT2D eigenvalue weighted by molar-refractivity contribution is 0.460. The van der Waals surface area contributed by atoms with Gasteiger partial charge in [-0.25, -0.2) is 0 Å². The molecule has 0 amide bonds. The van der Waals surface area contributed by atoms with Crippen LogP contribution in [0.4, 0.5) is 0 Å². The smallest absolute Gasteiger partial charge is 0.0148 e. The van der Waals surface area contributed by atoms with E-state index in [2.05, 4.69) is 56.3 Å². The number of rotatable bonds is 4. The highest BCUT2D eigenvalue weighted by Gasteiger charge is 2.14. The molecular weight excluding hydrogens is 212 g/mol. The van der Waals surface area contributed by atoms with Gasteiger partial charge in [0.25, 0.3) is 0 Å². The van der Waals surface area contributed by atoms with Crippen LogP contribution in [0.15, 0.2) is 24.3 Å². The van der Waals surface area contributed by atoms with E-state index in [1.165, 1.54) is 5.57 Å². The molecule has 3 atom stereocenters. The molecule has 0 aromatic carbocycles. The van der Waals surface area contributed by atoms with Crippen molar-refractivity contribution in [3.63, 3.8) is 0 Å². The minimum absolute atomic E-state index is 0.571. The summed E-state index contributed by atoms with van der Waals surface area (Å²) in [6.45, 7) is 12.5. The summed E-state index contributed by atoms with van der Waals surface area (Å²) in [7, 11) is 0. The molecule has 0 N–H and O–H groups in total. The standard InChI is InChI=1S/C11H19Br/c1-6-8(2)7-9(3)10(4)11(5)12/h6-7,9-11H,1H2,2-5H3/b8-7+/t9?,10?,11-/m0/s1. The molecule has 0 rings (SSSR count). The van der Waals surface area contributed by atoms with E-state index in [4.69, 9.17) is 0 Å². The van der Waals surface area contributed by atoms with Gasteiger partial charge in [-0.2, -0.15) is 0 Å². The van der Waals surface area contributed by atoms with Gasteiger partial charge in [0.15, 0.2) is 0 Å². The maximum absolute atomic E-state index is 3.74. The molecule has 0 aliphatic rings. The first-order valence-corrected chi connectivity index (χ1v) is 5.35. The van der Waals surface area contributed by atoms with Crippen molar-refractivity contribution in [2.75, 3.05) is 0 Å². The molecule has 1 heteroatoms. The quantitative estimate of drug-likeness (QED) is 0.503. The highest BCUT2D eigenvalue weighted by atomic mass is 79.9. The first kappa shape index (κ1) is 12.0. The van der Waals surface area contributed by atoms with E-state index in [0.717, 1.165) is 0 Å². The van der Waals surface area contributed by atoms with Gasteiger partial charge in [-0.15, -0.1) is 0 Å². The topological polar surface area (TPSA) is 0 Å². The van der Waals surface area contributed by atoms with Crippen molar-refractivity contribution in [3.8, 4) is 0 Å². The minimum Gasteiger partial charge on any atom is -0.0988 e. The second-order valence-electron chi connectivity index (χ2n) is 3.51. The Hall–Kier alpha value is -0.0400. The van der Waals surface area contributed by atoms with Crippen molar-refractivity contribution < 1.29 is 0 Å². The molecule has 0 heterocycles. The summed E-state index contributed by atoms with van der Waals surface area (Å²) in [5.74, 6) is 1.28. The van der Waals surface area contributed by atoms with Crippen molar-refractivity contribution in [2.24, 2.45) is 11.8 Å².